The van der Waals surface area contributed by atoms with Gasteiger partial charge in [-0.2, -0.15) is 0 Å². The molecule has 0 saturated heterocycles. The van der Waals surface area contributed by atoms with Crippen molar-refractivity contribution in [2.45, 2.75) is 67.7 Å². The third-order valence-corrected chi connectivity index (χ3v) is 17.7. The monoisotopic (exact) mass is 1160 g/mol. The van der Waals surface area contributed by atoms with E-state index in [9.17, 15) is 0 Å². The number of rotatable bonds is 9. The summed E-state index contributed by atoms with van der Waals surface area (Å²) in [7, 11) is 6.34. The van der Waals surface area contributed by atoms with E-state index in [1.54, 1.807) is 0 Å². The summed E-state index contributed by atoms with van der Waals surface area (Å²) in [4.78, 5) is 0. The van der Waals surface area contributed by atoms with Crippen LogP contribution in [0.1, 0.15) is 67.0 Å². The fourth-order valence-electron chi connectivity index (χ4n) is 12.8. The second-order valence-electron chi connectivity index (χ2n) is 24.9. The number of aryl methyl sites for hydroxylation is 7. The first-order valence-corrected chi connectivity index (χ1v) is 31.1. The quantitative estimate of drug-likeness (QED) is 0.135. The van der Waals surface area contributed by atoms with E-state index in [4.69, 9.17) is 13.3 Å². The van der Waals surface area contributed by atoms with Gasteiger partial charge in [0.25, 0.3) is 0 Å². The van der Waals surface area contributed by atoms with Crippen LogP contribution in [0, 0.1) is 33.6 Å². The van der Waals surface area contributed by atoms with Gasteiger partial charge in [0, 0.05) is 67.2 Å². The van der Waals surface area contributed by atoms with Gasteiger partial charge in [-0.15, -0.1) is 0 Å². The first-order chi connectivity index (χ1) is 43.1. The molecule has 0 bridgehead atoms. The molecule has 6 aromatic heterocycles. The number of hydrogen-bond donors (Lipinski definition) is 0. The molecule has 15 rings (SSSR count). The van der Waals surface area contributed by atoms with Gasteiger partial charge in [0.1, 0.15) is 54.6 Å². The highest BCUT2D eigenvalue weighted by Gasteiger charge is 2.25. The van der Waals surface area contributed by atoms with E-state index in [-0.39, 0.29) is 0 Å². The lowest BCUT2D eigenvalue weighted by Crippen LogP contribution is -2.31. The molecular formula is C83H76N3O3+3. The van der Waals surface area contributed by atoms with Crippen LogP contribution in [-0.2, 0) is 27.6 Å². The summed E-state index contributed by atoms with van der Waals surface area (Å²) in [6.07, 6.45) is 7.74. The molecule has 0 radical (unpaired) electrons. The average Bonchev–Trinajstić information content (AvgIpc) is 1.70. The van der Waals surface area contributed by atoms with Crippen molar-refractivity contribution in [1.82, 2.24) is 0 Å². The third kappa shape index (κ3) is 11.3. The molecule has 0 saturated carbocycles. The molecule has 0 atom stereocenters. The molecule has 15 aromatic rings. The van der Waals surface area contributed by atoms with Gasteiger partial charge in [0.2, 0.25) is 17.1 Å². The number of para-hydroxylation sites is 3. The minimum atomic E-state index is 0.546. The Hall–Kier alpha value is -10.2. The van der Waals surface area contributed by atoms with Crippen molar-refractivity contribution >= 4 is 65.8 Å². The van der Waals surface area contributed by atoms with Crippen LogP contribution in [0.15, 0.2) is 250 Å². The lowest BCUT2D eigenvalue weighted by atomic mass is 9.98. The molecule has 0 aliphatic rings. The Morgan fingerprint density at radius 1 is 0.315 bits per heavy atom. The molecule has 6 heterocycles. The van der Waals surface area contributed by atoms with Crippen molar-refractivity contribution in [2.75, 3.05) is 0 Å². The second-order valence-corrected chi connectivity index (χ2v) is 24.9. The zero-order valence-electron chi connectivity index (χ0n) is 52.9. The maximum atomic E-state index is 6.32. The van der Waals surface area contributed by atoms with Crippen molar-refractivity contribution in [3.63, 3.8) is 0 Å². The highest BCUT2D eigenvalue weighted by atomic mass is 16.3. The van der Waals surface area contributed by atoms with Crippen LogP contribution in [0.3, 0.4) is 0 Å². The largest absolute Gasteiger partial charge is 0.455 e. The van der Waals surface area contributed by atoms with Crippen molar-refractivity contribution in [1.29, 1.82) is 0 Å². The van der Waals surface area contributed by atoms with Crippen molar-refractivity contribution in [2.24, 2.45) is 27.1 Å². The standard InChI is InChI=1S/C29H28NO.C28H26NO.C26H22NO/c1-19(2)17-21-10-12-22(13-11-21)23-14-16-26(30(4)18-23)28-20(3)9-15-25-24-7-5-6-8-27(24)31-29(25)28;1-18(2)20-10-12-21(13-11-20)22-14-16-25(29(4)17-22)27-19(3)9-15-24-23-7-5-6-8-26(23)30-28(24)27;1-17-8-11-19(12-9-17)20-13-15-23(27(3)16-20)25-18(2)10-14-22-21-6-4-5-7-24(21)28-26(22)25/h5-16,18-19H,17H2,1-4H3;5-18H,1-4H3;4-16H,1-3H3/q3*+1. The first-order valence-electron chi connectivity index (χ1n) is 31.1. The number of furan rings is 3. The molecule has 0 aliphatic heterocycles. The first kappa shape index (κ1) is 57.9. The maximum Gasteiger partial charge on any atom is 0.216 e. The fourth-order valence-corrected chi connectivity index (χ4v) is 12.8. The van der Waals surface area contributed by atoms with E-state index < -0.39 is 0 Å². The molecule has 6 heteroatoms. The van der Waals surface area contributed by atoms with Gasteiger partial charge >= 0.3 is 0 Å². The molecule has 0 spiro atoms. The van der Waals surface area contributed by atoms with Gasteiger partial charge in [0.05, 0.1) is 16.7 Å². The van der Waals surface area contributed by atoms with E-state index in [0.717, 1.165) is 79.1 Å². The number of hydrogen-bond acceptors (Lipinski definition) is 3. The highest BCUT2D eigenvalue weighted by molar-refractivity contribution is 6.12. The summed E-state index contributed by atoms with van der Waals surface area (Å²) >= 11 is 0. The van der Waals surface area contributed by atoms with Crippen LogP contribution >= 0.6 is 0 Å². The van der Waals surface area contributed by atoms with Crippen LogP contribution in [0.4, 0.5) is 0 Å². The van der Waals surface area contributed by atoms with Gasteiger partial charge in [0.15, 0.2) is 18.6 Å². The molecule has 0 unspecified atom stereocenters. The Morgan fingerprint density at radius 2 is 0.629 bits per heavy atom. The SMILES string of the molecule is Cc1ccc(-c2ccc(-c3c(C)ccc4c3oc3ccccc34)[n+](C)c2)cc1.Cc1ccc2c(oc3ccccc32)c1-c1ccc(-c2ccc(C(C)C)cc2)c[n+]1C.Cc1ccc2c(oc3ccccc32)c1-c1ccc(-c2ccc(CC(C)C)cc2)c[n+]1C. The van der Waals surface area contributed by atoms with E-state index in [1.165, 1.54) is 93.7 Å². The normalized spacial score (nSPS) is 11.6. The zero-order valence-corrected chi connectivity index (χ0v) is 52.9. The lowest BCUT2D eigenvalue weighted by molar-refractivity contribution is -0.660. The predicted molar refractivity (Wildman–Crippen MR) is 369 cm³/mol. The number of aromatic nitrogens is 3. The molecule has 0 fully saturated rings. The van der Waals surface area contributed by atoms with Gasteiger partial charge in [-0.25, -0.2) is 13.7 Å². The van der Waals surface area contributed by atoms with Gasteiger partial charge < -0.3 is 13.3 Å². The van der Waals surface area contributed by atoms with E-state index >= 15 is 0 Å². The molecule has 9 aromatic carbocycles. The molecule has 0 N–H and O–H groups in total. The Kier molecular flexibility index (Phi) is 15.7. The summed E-state index contributed by atoms with van der Waals surface area (Å²) in [5.41, 5.74) is 27.7. The topological polar surface area (TPSA) is 51.1 Å². The molecule has 0 amide bonds. The van der Waals surface area contributed by atoms with Gasteiger partial charge in [-0.1, -0.05) is 197 Å². The third-order valence-electron chi connectivity index (χ3n) is 17.7. The van der Waals surface area contributed by atoms with Crippen LogP contribution in [0.25, 0.3) is 133 Å². The summed E-state index contributed by atoms with van der Waals surface area (Å²) in [6, 6.07) is 77.6. The number of pyridine rings is 3. The fraction of sp³-hybridized carbons (Fsp3) is 0.169. The van der Waals surface area contributed by atoms with Crippen LogP contribution < -0.4 is 13.7 Å². The average molecular weight is 1160 g/mol. The zero-order chi connectivity index (χ0) is 61.6. The second kappa shape index (κ2) is 24.2. The molecular weight excluding hydrogens is 1090 g/mol. The van der Waals surface area contributed by atoms with E-state index in [0.29, 0.717) is 11.8 Å². The summed E-state index contributed by atoms with van der Waals surface area (Å²) in [5, 5.41) is 7.00. The Balaban J connectivity index is 0.000000123. The molecule has 89 heavy (non-hydrogen) atoms. The highest BCUT2D eigenvalue weighted by Crippen LogP contribution is 2.41. The molecule has 0 aliphatic carbocycles. The number of fused-ring (bicyclic) bond motifs is 9. The Bertz CT molecular complexity index is 5110. The summed E-state index contributed by atoms with van der Waals surface area (Å²) in [5.74, 6) is 1.22. The van der Waals surface area contributed by atoms with Crippen molar-refractivity contribution < 1.29 is 27.0 Å². The molecule has 6 nitrogen and oxygen atoms in total. The molecule has 438 valence electrons. The van der Waals surface area contributed by atoms with E-state index in [1.807, 2.05) is 36.4 Å². The predicted octanol–water partition coefficient (Wildman–Crippen LogP) is 20.8. The smallest absolute Gasteiger partial charge is 0.216 e. The lowest BCUT2D eigenvalue weighted by Gasteiger charge is -2.09. The maximum absolute atomic E-state index is 6.32. The summed E-state index contributed by atoms with van der Waals surface area (Å²) in [6.45, 7) is 17.5. The van der Waals surface area contributed by atoms with Crippen molar-refractivity contribution in [3.8, 4) is 67.2 Å². The summed E-state index contributed by atoms with van der Waals surface area (Å²) < 4.78 is 25.5. The van der Waals surface area contributed by atoms with Crippen LogP contribution in [-0.4, -0.2) is 0 Å². The van der Waals surface area contributed by atoms with E-state index in [2.05, 4.69) is 291 Å². The minimum absolute atomic E-state index is 0.546. The van der Waals surface area contributed by atoms with Crippen molar-refractivity contribution in [3.05, 3.63) is 270 Å². The van der Waals surface area contributed by atoms with Crippen LogP contribution in [0.2, 0.25) is 0 Å². The number of nitrogens with zero attached hydrogens (tertiary/aromatic N) is 3. The van der Waals surface area contributed by atoms with Gasteiger partial charge in [-0.3, -0.25) is 0 Å². The Labute approximate surface area is 522 Å². The Morgan fingerprint density at radius 3 is 0.955 bits per heavy atom. The van der Waals surface area contributed by atoms with Gasteiger partial charge in [-0.05, 0) is 127 Å². The minimum Gasteiger partial charge on any atom is -0.455 e. The van der Waals surface area contributed by atoms with Crippen LogP contribution in [0.5, 0.6) is 0 Å². The number of benzene rings is 9.